The Bertz CT molecular complexity index is 1470. The number of alkyl halides is 6. The van der Waals surface area contributed by atoms with Crippen LogP contribution in [0.2, 0.25) is 10.0 Å². The summed E-state index contributed by atoms with van der Waals surface area (Å²) in [6.07, 6.45) is -6.42. The molecule has 1 amide bonds. The van der Waals surface area contributed by atoms with Gasteiger partial charge in [-0.2, -0.15) is 26.3 Å². The van der Waals surface area contributed by atoms with Gasteiger partial charge in [0.1, 0.15) is 5.82 Å². The van der Waals surface area contributed by atoms with E-state index in [4.69, 9.17) is 23.2 Å². The lowest BCUT2D eigenvalue weighted by atomic mass is 9.81. The molecule has 4 rings (SSSR count). The van der Waals surface area contributed by atoms with E-state index < -0.39 is 40.4 Å². The fraction of sp³-hybridized carbons (Fsp3) is 0.400. The number of carbonyl (C=O) groups is 1. The SMILES string of the molecule is CN(C(=O)C(C)(C)c1cc(C(F)(F)F)cc(C(F)(F)F)c1)c1cnc(NC2CCC(O)CC2)cc1-c1ccc(Cl)cc1Cl. The van der Waals surface area contributed by atoms with Crippen LogP contribution in [0.15, 0.2) is 48.7 Å². The predicted molar refractivity (Wildman–Crippen MR) is 154 cm³/mol. The molecule has 1 aliphatic rings. The van der Waals surface area contributed by atoms with Gasteiger partial charge in [0.15, 0.2) is 0 Å². The van der Waals surface area contributed by atoms with Crippen LogP contribution in [0.1, 0.15) is 56.2 Å². The van der Waals surface area contributed by atoms with Crippen molar-refractivity contribution in [3.63, 3.8) is 0 Å². The number of amides is 1. The number of benzene rings is 2. The van der Waals surface area contributed by atoms with Gasteiger partial charge in [-0.1, -0.05) is 29.3 Å². The van der Waals surface area contributed by atoms with Gasteiger partial charge in [0, 0.05) is 34.3 Å². The summed E-state index contributed by atoms with van der Waals surface area (Å²) >= 11 is 12.6. The second-order valence-electron chi connectivity index (χ2n) is 11.1. The number of hydrogen-bond donors (Lipinski definition) is 2. The topological polar surface area (TPSA) is 65.5 Å². The molecular weight excluding hydrogens is 619 g/mol. The molecule has 0 atom stereocenters. The Kier molecular flexibility index (Phi) is 9.30. The van der Waals surface area contributed by atoms with E-state index in [1.807, 2.05) is 0 Å². The molecule has 0 radical (unpaired) electrons. The quantitative estimate of drug-likeness (QED) is 0.263. The zero-order valence-electron chi connectivity index (χ0n) is 23.4. The van der Waals surface area contributed by atoms with E-state index in [9.17, 15) is 36.2 Å². The largest absolute Gasteiger partial charge is 0.416 e. The fourth-order valence-corrected chi connectivity index (χ4v) is 5.63. The van der Waals surface area contributed by atoms with Crippen LogP contribution in [0.5, 0.6) is 0 Å². The summed E-state index contributed by atoms with van der Waals surface area (Å²) in [6, 6.07) is 7.58. The molecule has 1 heterocycles. The standard InChI is InChI=1S/C30H29Cl2F6N3O2/c1-28(2,16-10-17(29(33,34)35)12-18(11-16)30(36,37)38)27(43)41(3)25-15-39-26(40-20-5-7-21(42)8-6-20)14-23(25)22-9-4-19(31)13-24(22)32/h4,9-15,20-21,42H,5-8H2,1-3H3,(H,39,40). The summed E-state index contributed by atoms with van der Waals surface area (Å²) in [5.74, 6) is -0.325. The van der Waals surface area contributed by atoms with Gasteiger partial charge in [-0.25, -0.2) is 4.98 Å². The number of rotatable bonds is 6. The number of aliphatic hydroxyl groups excluding tert-OH is 1. The van der Waals surface area contributed by atoms with E-state index in [1.165, 1.54) is 33.2 Å². The average Bonchev–Trinajstić information content (AvgIpc) is 2.92. The number of halogens is 8. The normalized spacial score (nSPS) is 18.0. The number of likely N-dealkylation sites (N-methyl/N-ethyl adjacent to an activating group) is 1. The highest BCUT2D eigenvalue weighted by atomic mass is 35.5. The zero-order chi connectivity index (χ0) is 31.9. The third-order valence-electron chi connectivity index (χ3n) is 7.66. The molecule has 232 valence electrons. The molecule has 0 aliphatic heterocycles. The van der Waals surface area contributed by atoms with Crippen LogP contribution >= 0.6 is 23.2 Å². The monoisotopic (exact) mass is 647 g/mol. The Morgan fingerprint density at radius 2 is 1.44 bits per heavy atom. The Labute approximate surface area is 254 Å². The van der Waals surface area contributed by atoms with E-state index in [0.717, 1.165) is 4.90 Å². The molecule has 1 fully saturated rings. The zero-order valence-corrected chi connectivity index (χ0v) is 24.9. The first kappa shape index (κ1) is 32.9. The molecule has 1 aliphatic carbocycles. The molecule has 1 saturated carbocycles. The Morgan fingerprint density at radius 3 is 1.98 bits per heavy atom. The van der Waals surface area contributed by atoms with Crippen LogP contribution in [-0.4, -0.2) is 35.2 Å². The summed E-state index contributed by atoms with van der Waals surface area (Å²) < 4.78 is 81.4. The maximum atomic E-state index is 13.9. The van der Waals surface area contributed by atoms with Crippen molar-refractivity contribution in [1.29, 1.82) is 0 Å². The van der Waals surface area contributed by atoms with E-state index in [1.54, 1.807) is 18.2 Å². The van der Waals surface area contributed by atoms with Crippen LogP contribution in [0.25, 0.3) is 11.1 Å². The molecule has 0 bridgehead atoms. The molecule has 3 aromatic rings. The minimum atomic E-state index is -5.07. The molecule has 2 aromatic carbocycles. The molecule has 13 heteroatoms. The number of aromatic nitrogens is 1. The first-order valence-corrected chi connectivity index (χ1v) is 14.1. The lowest BCUT2D eigenvalue weighted by molar-refractivity contribution is -0.143. The molecule has 0 spiro atoms. The minimum absolute atomic E-state index is 0.0249. The van der Waals surface area contributed by atoms with E-state index in [0.29, 0.717) is 59.8 Å². The first-order valence-electron chi connectivity index (χ1n) is 13.4. The maximum Gasteiger partial charge on any atom is 0.416 e. The highest BCUT2D eigenvalue weighted by molar-refractivity contribution is 6.36. The predicted octanol–water partition coefficient (Wildman–Crippen LogP) is 8.75. The molecule has 2 N–H and O–H groups in total. The molecule has 0 unspecified atom stereocenters. The molecule has 0 saturated heterocycles. The average molecular weight is 648 g/mol. The van der Waals surface area contributed by atoms with Gasteiger partial charge in [0.05, 0.1) is 34.5 Å². The van der Waals surface area contributed by atoms with E-state index in [-0.39, 0.29) is 28.9 Å². The van der Waals surface area contributed by atoms with Crippen molar-refractivity contribution < 1.29 is 36.2 Å². The number of aliphatic hydroxyl groups is 1. The van der Waals surface area contributed by atoms with Gasteiger partial charge in [-0.3, -0.25) is 4.79 Å². The number of hydrogen-bond acceptors (Lipinski definition) is 4. The second-order valence-corrected chi connectivity index (χ2v) is 12.0. The number of pyridine rings is 1. The van der Waals surface area contributed by atoms with Crippen molar-refractivity contribution in [2.45, 2.75) is 69.4 Å². The lowest BCUT2D eigenvalue weighted by Crippen LogP contribution is -2.42. The van der Waals surface area contributed by atoms with Gasteiger partial charge in [-0.05, 0) is 81.5 Å². The van der Waals surface area contributed by atoms with E-state index in [2.05, 4.69) is 10.3 Å². The molecular formula is C30H29Cl2F6N3O2. The first-order chi connectivity index (χ1) is 19.9. The number of nitrogens with one attached hydrogen (secondary N) is 1. The van der Waals surface area contributed by atoms with Crippen molar-refractivity contribution in [2.24, 2.45) is 0 Å². The molecule has 5 nitrogen and oxygen atoms in total. The Morgan fingerprint density at radius 1 is 0.884 bits per heavy atom. The number of anilines is 2. The van der Waals surface area contributed by atoms with Gasteiger partial charge in [0.2, 0.25) is 5.91 Å². The second kappa shape index (κ2) is 12.2. The Hall–Kier alpha value is -3.02. The van der Waals surface area contributed by atoms with Crippen molar-refractivity contribution in [2.75, 3.05) is 17.3 Å². The minimum Gasteiger partial charge on any atom is -0.393 e. The van der Waals surface area contributed by atoms with Crippen molar-refractivity contribution >= 4 is 40.6 Å². The van der Waals surface area contributed by atoms with Gasteiger partial charge < -0.3 is 15.3 Å². The van der Waals surface area contributed by atoms with Crippen LogP contribution < -0.4 is 10.2 Å². The van der Waals surface area contributed by atoms with Crippen LogP contribution in [-0.2, 0) is 22.6 Å². The lowest BCUT2D eigenvalue weighted by Gasteiger charge is -2.32. The Balaban J connectivity index is 1.77. The van der Waals surface area contributed by atoms with Crippen LogP contribution in [0.3, 0.4) is 0 Å². The van der Waals surface area contributed by atoms with Crippen molar-refractivity contribution in [1.82, 2.24) is 4.98 Å². The van der Waals surface area contributed by atoms with Gasteiger partial charge in [-0.15, -0.1) is 0 Å². The summed E-state index contributed by atoms with van der Waals surface area (Å²) in [5.41, 5.74) is -4.18. The number of carbonyl (C=O) groups excluding carboxylic acids is 1. The third kappa shape index (κ3) is 7.38. The number of nitrogens with zero attached hydrogens (tertiary/aromatic N) is 2. The smallest absolute Gasteiger partial charge is 0.393 e. The van der Waals surface area contributed by atoms with Crippen LogP contribution in [0.4, 0.5) is 37.8 Å². The summed E-state index contributed by atoms with van der Waals surface area (Å²) in [6.45, 7) is 2.52. The van der Waals surface area contributed by atoms with Gasteiger partial charge in [0.25, 0.3) is 0 Å². The third-order valence-corrected chi connectivity index (χ3v) is 8.21. The van der Waals surface area contributed by atoms with E-state index >= 15 is 0 Å². The highest BCUT2D eigenvalue weighted by Crippen LogP contribution is 2.42. The summed E-state index contributed by atoms with van der Waals surface area (Å²) in [4.78, 5) is 19.5. The summed E-state index contributed by atoms with van der Waals surface area (Å²) in [5, 5.41) is 13.8. The summed E-state index contributed by atoms with van der Waals surface area (Å²) in [7, 11) is 1.36. The molecule has 43 heavy (non-hydrogen) atoms. The maximum absolute atomic E-state index is 13.9. The van der Waals surface area contributed by atoms with Gasteiger partial charge >= 0.3 is 12.4 Å². The highest BCUT2D eigenvalue weighted by Gasteiger charge is 2.41. The fourth-order valence-electron chi connectivity index (χ4n) is 5.12. The van der Waals surface area contributed by atoms with Crippen LogP contribution in [0, 0.1) is 0 Å². The van der Waals surface area contributed by atoms with Crippen molar-refractivity contribution in [3.05, 3.63) is 75.4 Å². The van der Waals surface area contributed by atoms with Crippen molar-refractivity contribution in [3.8, 4) is 11.1 Å². The molecule has 1 aromatic heterocycles.